The van der Waals surface area contributed by atoms with Crippen LogP contribution in [0, 0.1) is 13.8 Å². The summed E-state index contributed by atoms with van der Waals surface area (Å²) in [5.74, 6) is -0.286. The van der Waals surface area contributed by atoms with Gasteiger partial charge in [0, 0.05) is 24.0 Å². The lowest BCUT2D eigenvalue weighted by molar-refractivity contribution is -0.140. The minimum absolute atomic E-state index is 0.0324. The quantitative estimate of drug-likeness (QED) is 0.160. The van der Waals surface area contributed by atoms with E-state index in [-0.39, 0.29) is 35.5 Å². The Morgan fingerprint density at radius 1 is 0.894 bits per heavy atom. The van der Waals surface area contributed by atoms with Crippen LogP contribution in [0.5, 0.6) is 5.75 Å². The smallest absolute Gasteiger partial charge is 0.264 e. The Kier molecular flexibility index (Phi) is 12.1. The number of ether oxygens (including phenoxy) is 1. The number of anilines is 1. The number of nitrogens with zero attached hydrogens (tertiary/aromatic N) is 2. The van der Waals surface area contributed by atoms with Crippen molar-refractivity contribution in [1.29, 1.82) is 0 Å². The summed E-state index contributed by atoms with van der Waals surface area (Å²) in [6.07, 6.45) is 0.921. The fourth-order valence-electron chi connectivity index (χ4n) is 5.16. The van der Waals surface area contributed by atoms with Crippen LogP contribution in [-0.4, -0.2) is 50.9 Å². The molecule has 0 aliphatic heterocycles. The zero-order valence-electron chi connectivity index (χ0n) is 27.4. The number of halogens is 1. The average molecular weight is 676 g/mol. The van der Waals surface area contributed by atoms with E-state index in [1.54, 1.807) is 56.5 Å². The third-order valence-corrected chi connectivity index (χ3v) is 10.1. The van der Waals surface area contributed by atoms with Gasteiger partial charge in [-0.1, -0.05) is 84.8 Å². The number of methoxy groups -OCH3 is 1. The molecule has 0 aliphatic rings. The van der Waals surface area contributed by atoms with E-state index in [0.29, 0.717) is 22.8 Å². The number of amides is 2. The second kappa shape index (κ2) is 16.0. The van der Waals surface area contributed by atoms with Gasteiger partial charge in [-0.15, -0.1) is 0 Å². The first kappa shape index (κ1) is 35.5. The lowest BCUT2D eigenvalue weighted by atomic mass is 10.0. The van der Waals surface area contributed by atoms with Crippen LogP contribution < -0.4 is 14.4 Å². The van der Waals surface area contributed by atoms with E-state index < -0.39 is 28.5 Å². The van der Waals surface area contributed by atoms with E-state index >= 15 is 0 Å². The van der Waals surface area contributed by atoms with Crippen LogP contribution in [0.1, 0.15) is 42.5 Å². The van der Waals surface area contributed by atoms with E-state index in [9.17, 15) is 18.0 Å². The lowest BCUT2D eigenvalue weighted by Gasteiger charge is -2.34. The number of carbonyl (C=O) groups is 2. The van der Waals surface area contributed by atoms with Gasteiger partial charge in [0.1, 0.15) is 18.3 Å². The van der Waals surface area contributed by atoms with Crippen LogP contribution >= 0.6 is 11.6 Å². The van der Waals surface area contributed by atoms with Gasteiger partial charge in [0.25, 0.3) is 10.0 Å². The SMILES string of the molecule is CC[C@H](C)NC(=O)[C@H](Cc1ccccc1)N(Cc1cccc(OC)c1)C(=O)CN(c1cc(Cl)ccc1C)S(=O)(=O)c1ccc(C)cc1. The minimum atomic E-state index is -4.24. The number of rotatable bonds is 14. The Bertz CT molecular complexity index is 1780. The highest BCUT2D eigenvalue weighted by atomic mass is 35.5. The van der Waals surface area contributed by atoms with E-state index in [1.165, 1.54) is 17.0 Å². The van der Waals surface area contributed by atoms with E-state index in [4.69, 9.17) is 16.3 Å². The molecule has 47 heavy (non-hydrogen) atoms. The van der Waals surface area contributed by atoms with Crippen molar-refractivity contribution in [2.45, 2.75) is 64.1 Å². The van der Waals surface area contributed by atoms with E-state index in [0.717, 1.165) is 21.0 Å². The highest BCUT2D eigenvalue weighted by Crippen LogP contribution is 2.30. The van der Waals surface area contributed by atoms with Gasteiger partial charge in [-0.2, -0.15) is 0 Å². The van der Waals surface area contributed by atoms with Gasteiger partial charge in [0.15, 0.2) is 0 Å². The number of hydrogen-bond donors (Lipinski definition) is 1. The van der Waals surface area contributed by atoms with Crippen LogP contribution in [0.25, 0.3) is 0 Å². The monoisotopic (exact) mass is 675 g/mol. The molecule has 4 aromatic rings. The number of benzene rings is 4. The molecule has 4 rings (SSSR count). The third kappa shape index (κ3) is 9.14. The summed E-state index contributed by atoms with van der Waals surface area (Å²) in [6.45, 7) is 6.98. The molecule has 0 bridgehead atoms. The first-order chi connectivity index (χ1) is 22.4. The Morgan fingerprint density at radius 3 is 2.23 bits per heavy atom. The molecule has 0 unspecified atom stereocenters. The van der Waals surface area contributed by atoms with Crippen LogP contribution in [0.2, 0.25) is 5.02 Å². The first-order valence-electron chi connectivity index (χ1n) is 15.5. The van der Waals surface area contributed by atoms with Crippen molar-refractivity contribution in [3.05, 3.63) is 124 Å². The fourth-order valence-corrected chi connectivity index (χ4v) is 6.80. The summed E-state index contributed by atoms with van der Waals surface area (Å²) >= 11 is 6.38. The topological polar surface area (TPSA) is 96.0 Å². The van der Waals surface area contributed by atoms with Gasteiger partial charge in [-0.3, -0.25) is 13.9 Å². The molecule has 0 radical (unpaired) electrons. The predicted octanol–water partition coefficient (Wildman–Crippen LogP) is 6.72. The molecule has 0 fully saturated rings. The summed E-state index contributed by atoms with van der Waals surface area (Å²) in [5, 5.41) is 3.37. The molecule has 2 atom stereocenters. The van der Waals surface area contributed by atoms with Crippen molar-refractivity contribution in [3.63, 3.8) is 0 Å². The molecule has 2 amide bonds. The molecule has 0 saturated carbocycles. The molecule has 0 spiro atoms. The van der Waals surface area contributed by atoms with Crippen molar-refractivity contribution in [3.8, 4) is 5.75 Å². The molecule has 0 heterocycles. The molecule has 0 saturated heterocycles. The number of sulfonamides is 1. The third-order valence-electron chi connectivity index (χ3n) is 8.09. The van der Waals surface area contributed by atoms with Crippen molar-refractivity contribution in [2.75, 3.05) is 18.0 Å². The standard InChI is InChI=1S/C37H42ClN3O5S/c1-6-28(4)39-37(43)35(22-29-11-8-7-9-12-29)40(24-30-13-10-14-32(21-30)46-5)36(42)25-41(34-23-31(38)18-17-27(34)3)47(44,45)33-19-15-26(2)16-20-33/h7-21,23,28,35H,6,22,24-25H2,1-5H3,(H,39,43)/t28-,35-/m0/s1. The van der Waals surface area contributed by atoms with Crippen LogP contribution in [-0.2, 0) is 32.6 Å². The molecule has 10 heteroatoms. The van der Waals surface area contributed by atoms with Crippen molar-refractivity contribution in [1.82, 2.24) is 10.2 Å². The molecular formula is C37H42ClN3O5S. The summed E-state index contributed by atoms with van der Waals surface area (Å²) in [6, 6.07) is 27.0. The zero-order chi connectivity index (χ0) is 34.1. The normalized spacial score (nSPS) is 12.6. The highest BCUT2D eigenvalue weighted by molar-refractivity contribution is 7.92. The summed E-state index contributed by atoms with van der Waals surface area (Å²) in [4.78, 5) is 30.2. The molecule has 8 nitrogen and oxygen atoms in total. The highest BCUT2D eigenvalue weighted by Gasteiger charge is 2.35. The number of carbonyl (C=O) groups excluding carboxylic acids is 2. The number of nitrogens with one attached hydrogen (secondary N) is 1. The van der Waals surface area contributed by atoms with Gasteiger partial charge in [-0.05, 0) is 80.3 Å². The van der Waals surface area contributed by atoms with E-state index in [1.807, 2.05) is 63.2 Å². The average Bonchev–Trinajstić information content (AvgIpc) is 3.06. The maximum atomic E-state index is 14.7. The Labute approximate surface area is 283 Å². The van der Waals surface area contributed by atoms with Crippen LogP contribution in [0.3, 0.4) is 0 Å². The van der Waals surface area contributed by atoms with Gasteiger partial charge in [0.2, 0.25) is 11.8 Å². The maximum absolute atomic E-state index is 14.7. The van der Waals surface area contributed by atoms with E-state index in [2.05, 4.69) is 5.32 Å². The van der Waals surface area contributed by atoms with Crippen molar-refractivity contribution < 1.29 is 22.7 Å². The fraction of sp³-hybridized carbons (Fsp3) is 0.297. The molecule has 4 aromatic carbocycles. The molecule has 0 aliphatic carbocycles. The van der Waals surface area contributed by atoms with Crippen molar-refractivity contribution >= 4 is 39.1 Å². The minimum Gasteiger partial charge on any atom is -0.497 e. The van der Waals surface area contributed by atoms with Crippen LogP contribution in [0.4, 0.5) is 5.69 Å². The Hall–Kier alpha value is -4.34. The Morgan fingerprint density at radius 2 is 1.57 bits per heavy atom. The molecular weight excluding hydrogens is 634 g/mol. The van der Waals surface area contributed by atoms with Gasteiger partial charge < -0.3 is 15.0 Å². The van der Waals surface area contributed by atoms with Gasteiger partial charge in [-0.25, -0.2) is 8.42 Å². The summed E-state index contributed by atoms with van der Waals surface area (Å²) in [7, 11) is -2.69. The molecule has 1 N–H and O–H groups in total. The first-order valence-corrected chi connectivity index (χ1v) is 17.4. The molecule has 0 aromatic heterocycles. The van der Waals surface area contributed by atoms with Gasteiger partial charge in [0.05, 0.1) is 17.7 Å². The summed E-state index contributed by atoms with van der Waals surface area (Å²) in [5.41, 5.74) is 3.36. The molecule has 248 valence electrons. The van der Waals surface area contributed by atoms with Crippen LogP contribution in [0.15, 0.2) is 102 Å². The predicted molar refractivity (Wildman–Crippen MR) is 187 cm³/mol. The largest absolute Gasteiger partial charge is 0.497 e. The zero-order valence-corrected chi connectivity index (χ0v) is 29.0. The lowest BCUT2D eigenvalue weighted by Crippen LogP contribution is -2.54. The Balaban J connectivity index is 1.85. The maximum Gasteiger partial charge on any atom is 0.264 e. The van der Waals surface area contributed by atoms with Crippen molar-refractivity contribution in [2.24, 2.45) is 0 Å². The van der Waals surface area contributed by atoms with Gasteiger partial charge >= 0.3 is 0 Å². The second-order valence-corrected chi connectivity index (χ2v) is 14.0. The number of hydrogen-bond acceptors (Lipinski definition) is 5. The second-order valence-electron chi connectivity index (χ2n) is 11.7. The number of aryl methyl sites for hydroxylation is 2. The summed E-state index contributed by atoms with van der Waals surface area (Å²) < 4.78 is 35.1.